The van der Waals surface area contributed by atoms with E-state index in [-0.39, 0.29) is 12.5 Å². The standard InChI is InChI=1S/C13H18N2O4S/c1-8(9-5-4-6-20-9)14-12(19)15-10(16)7-13(2,3)11(17)18/h4-6,8H,7H2,1-3H3,(H,17,18)(H2,14,15,16,19). The monoisotopic (exact) mass is 298 g/mol. The Bertz CT molecular complexity index is 496. The lowest BCUT2D eigenvalue weighted by Gasteiger charge is -2.18. The molecular formula is C13H18N2O4S. The van der Waals surface area contributed by atoms with E-state index in [1.807, 2.05) is 17.5 Å². The minimum absolute atomic E-state index is 0.213. The van der Waals surface area contributed by atoms with Gasteiger partial charge in [-0.1, -0.05) is 6.07 Å². The molecule has 1 aromatic heterocycles. The first kappa shape index (κ1) is 16.2. The average molecular weight is 298 g/mol. The van der Waals surface area contributed by atoms with Gasteiger partial charge in [0, 0.05) is 11.3 Å². The van der Waals surface area contributed by atoms with Gasteiger partial charge in [-0.3, -0.25) is 14.9 Å². The van der Waals surface area contributed by atoms with Crippen molar-refractivity contribution in [3.63, 3.8) is 0 Å². The molecule has 0 bridgehead atoms. The van der Waals surface area contributed by atoms with Gasteiger partial charge in [-0.25, -0.2) is 4.79 Å². The Hall–Kier alpha value is -1.89. The molecule has 0 fully saturated rings. The highest BCUT2D eigenvalue weighted by atomic mass is 32.1. The highest BCUT2D eigenvalue weighted by molar-refractivity contribution is 7.10. The molecule has 1 unspecified atom stereocenters. The number of hydrogen-bond donors (Lipinski definition) is 3. The lowest BCUT2D eigenvalue weighted by atomic mass is 9.89. The van der Waals surface area contributed by atoms with Crippen LogP contribution in [0, 0.1) is 5.41 Å². The SMILES string of the molecule is CC(NC(=O)NC(=O)CC(C)(C)C(=O)O)c1cccs1. The van der Waals surface area contributed by atoms with Crippen molar-refractivity contribution in [2.75, 3.05) is 0 Å². The first-order valence-corrected chi connectivity index (χ1v) is 6.97. The van der Waals surface area contributed by atoms with Crippen molar-refractivity contribution >= 4 is 29.2 Å². The topological polar surface area (TPSA) is 95.5 Å². The van der Waals surface area contributed by atoms with E-state index in [1.54, 1.807) is 6.92 Å². The van der Waals surface area contributed by atoms with E-state index >= 15 is 0 Å². The number of urea groups is 1. The Morgan fingerprint density at radius 2 is 2.05 bits per heavy atom. The third-order valence-electron chi connectivity index (χ3n) is 2.75. The molecule has 3 N–H and O–H groups in total. The summed E-state index contributed by atoms with van der Waals surface area (Å²) in [6.07, 6.45) is -0.261. The molecule has 7 heteroatoms. The summed E-state index contributed by atoms with van der Waals surface area (Å²) in [4.78, 5) is 35.1. The molecule has 1 atom stereocenters. The van der Waals surface area contributed by atoms with Gasteiger partial charge in [-0.15, -0.1) is 11.3 Å². The average Bonchev–Trinajstić information content (AvgIpc) is 2.80. The first-order chi connectivity index (χ1) is 9.22. The van der Waals surface area contributed by atoms with Crippen molar-refractivity contribution in [2.45, 2.75) is 33.2 Å². The van der Waals surface area contributed by atoms with Crippen LogP contribution in [-0.4, -0.2) is 23.0 Å². The lowest BCUT2D eigenvalue weighted by Crippen LogP contribution is -2.42. The van der Waals surface area contributed by atoms with Crippen LogP contribution >= 0.6 is 11.3 Å². The predicted octanol–water partition coefficient (Wildman–Crippen LogP) is 2.14. The second-order valence-electron chi connectivity index (χ2n) is 5.12. The van der Waals surface area contributed by atoms with Crippen LogP contribution < -0.4 is 10.6 Å². The summed E-state index contributed by atoms with van der Waals surface area (Å²) in [5.41, 5.74) is -1.20. The fourth-order valence-corrected chi connectivity index (χ4v) is 2.22. The molecule has 0 saturated carbocycles. The first-order valence-electron chi connectivity index (χ1n) is 6.09. The van der Waals surface area contributed by atoms with E-state index in [0.717, 1.165) is 4.88 Å². The summed E-state index contributed by atoms with van der Waals surface area (Å²) in [6, 6.07) is 2.91. The third-order valence-corrected chi connectivity index (χ3v) is 3.81. The molecule has 110 valence electrons. The van der Waals surface area contributed by atoms with Gasteiger partial charge in [0.1, 0.15) is 0 Å². The lowest BCUT2D eigenvalue weighted by molar-refractivity contribution is -0.149. The molecule has 0 aliphatic heterocycles. The number of carboxylic acids is 1. The Balaban J connectivity index is 2.46. The van der Waals surface area contributed by atoms with Crippen molar-refractivity contribution in [1.29, 1.82) is 0 Å². The number of carboxylic acid groups (broad SMARTS) is 1. The minimum Gasteiger partial charge on any atom is -0.481 e. The smallest absolute Gasteiger partial charge is 0.321 e. The number of imide groups is 1. The molecule has 0 aromatic carbocycles. The van der Waals surface area contributed by atoms with Crippen LogP contribution in [0.2, 0.25) is 0 Å². The van der Waals surface area contributed by atoms with Gasteiger partial charge in [0.15, 0.2) is 0 Å². The Morgan fingerprint density at radius 3 is 2.55 bits per heavy atom. The highest BCUT2D eigenvalue weighted by Crippen LogP contribution is 2.20. The van der Waals surface area contributed by atoms with Gasteiger partial charge in [-0.2, -0.15) is 0 Å². The summed E-state index contributed by atoms with van der Waals surface area (Å²) in [5.74, 6) is -1.70. The minimum atomic E-state index is -1.20. The second kappa shape index (κ2) is 6.51. The molecular weight excluding hydrogens is 280 g/mol. The quantitative estimate of drug-likeness (QED) is 0.776. The molecule has 6 nitrogen and oxygen atoms in total. The van der Waals surface area contributed by atoms with Gasteiger partial charge in [0.05, 0.1) is 11.5 Å². The fourth-order valence-electron chi connectivity index (χ4n) is 1.49. The highest BCUT2D eigenvalue weighted by Gasteiger charge is 2.30. The summed E-state index contributed by atoms with van der Waals surface area (Å²) < 4.78 is 0. The van der Waals surface area contributed by atoms with Gasteiger partial charge >= 0.3 is 12.0 Å². The van der Waals surface area contributed by atoms with Gasteiger partial charge in [0.2, 0.25) is 5.91 Å². The number of amides is 3. The summed E-state index contributed by atoms with van der Waals surface area (Å²) in [6.45, 7) is 4.67. The zero-order valence-corrected chi connectivity index (χ0v) is 12.4. The van der Waals surface area contributed by atoms with E-state index in [2.05, 4.69) is 10.6 Å². The van der Waals surface area contributed by atoms with Crippen LogP contribution in [0.3, 0.4) is 0 Å². The molecule has 0 aliphatic carbocycles. The molecule has 0 spiro atoms. The van der Waals surface area contributed by atoms with Crippen LogP contribution in [0.1, 0.15) is 38.1 Å². The summed E-state index contributed by atoms with van der Waals surface area (Å²) in [7, 11) is 0. The van der Waals surface area contributed by atoms with E-state index in [9.17, 15) is 14.4 Å². The maximum atomic E-state index is 11.6. The molecule has 3 amide bonds. The van der Waals surface area contributed by atoms with Crippen LogP contribution in [-0.2, 0) is 9.59 Å². The van der Waals surface area contributed by atoms with Crippen molar-refractivity contribution in [3.8, 4) is 0 Å². The largest absolute Gasteiger partial charge is 0.481 e. The molecule has 1 rings (SSSR count). The number of hydrogen-bond acceptors (Lipinski definition) is 4. The Kier molecular flexibility index (Phi) is 5.26. The number of thiophene rings is 1. The van der Waals surface area contributed by atoms with Crippen molar-refractivity contribution in [3.05, 3.63) is 22.4 Å². The molecule has 1 heterocycles. The second-order valence-corrected chi connectivity index (χ2v) is 6.10. The molecule has 0 aliphatic rings. The summed E-state index contributed by atoms with van der Waals surface area (Å²) in [5, 5.41) is 15.6. The summed E-state index contributed by atoms with van der Waals surface area (Å²) >= 11 is 1.50. The normalized spacial score (nSPS) is 12.6. The fraction of sp³-hybridized carbons (Fsp3) is 0.462. The van der Waals surface area contributed by atoms with E-state index in [1.165, 1.54) is 25.2 Å². The van der Waals surface area contributed by atoms with Crippen LogP contribution in [0.4, 0.5) is 4.79 Å². The number of nitrogens with one attached hydrogen (secondary N) is 2. The maximum Gasteiger partial charge on any atom is 0.321 e. The zero-order chi connectivity index (χ0) is 15.3. The van der Waals surface area contributed by atoms with Crippen molar-refractivity contribution in [2.24, 2.45) is 5.41 Å². The van der Waals surface area contributed by atoms with E-state index < -0.39 is 23.3 Å². The molecule has 20 heavy (non-hydrogen) atoms. The van der Waals surface area contributed by atoms with Crippen LogP contribution in [0.25, 0.3) is 0 Å². The Labute approximate surface area is 121 Å². The van der Waals surface area contributed by atoms with Crippen molar-refractivity contribution in [1.82, 2.24) is 10.6 Å². The van der Waals surface area contributed by atoms with Gasteiger partial charge in [-0.05, 0) is 32.2 Å². The number of carbonyl (C=O) groups is 3. The third kappa shape index (κ3) is 4.65. The van der Waals surface area contributed by atoms with Crippen LogP contribution in [0.5, 0.6) is 0 Å². The molecule has 0 saturated heterocycles. The van der Waals surface area contributed by atoms with Crippen molar-refractivity contribution < 1.29 is 19.5 Å². The van der Waals surface area contributed by atoms with Gasteiger partial charge in [0.25, 0.3) is 0 Å². The molecule has 0 radical (unpaired) electrons. The predicted molar refractivity (Wildman–Crippen MR) is 75.4 cm³/mol. The number of aliphatic carboxylic acids is 1. The van der Waals surface area contributed by atoms with Gasteiger partial charge < -0.3 is 10.4 Å². The van der Waals surface area contributed by atoms with E-state index in [4.69, 9.17) is 5.11 Å². The number of carbonyl (C=O) groups excluding carboxylic acids is 2. The van der Waals surface area contributed by atoms with Crippen LogP contribution in [0.15, 0.2) is 17.5 Å². The zero-order valence-electron chi connectivity index (χ0n) is 11.6. The number of rotatable bonds is 5. The Morgan fingerprint density at radius 1 is 1.40 bits per heavy atom. The molecule has 1 aromatic rings. The maximum absolute atomic E-state index is 11.6. The van der Waals surface area contributed by atoms with E-state index in [0.29, 0.717) is 0 Å².